The number of nitriles is 1. The highest BCUT2D eigenvalue weighted by molar-refractivity contribution is 6.05. The van der Waals surface area contributed by atoms with Gasteiger partial charge in [-0.1, -0.05) is 50.2 Å². The minimum Gasteiger partial charge on any atom is -0.375 e. The molecule has 3 nitrogen and oxygen atoms in total. The number of nitrogens with one attached hydrogen (secondary N) is 1. The summed E-state index contributed by atoms with van der Waals surface area (Å²) in [7, 11) is 0. The van der Waals surface area contributed by atoms with E-state index in [0.29, 0.717) is 11.6 Å². The summed E-state index contributed by atoms with van der Waals surface area (Å²) in [6, 6.07) is 11.1. The van der Waals surface area contributed by atoms with Crippen LogP contribution in [-0.2, 0) is 11.6 Å². The van der Waals surface area contributed by atoms with Crippen LogP contribution >= 0.6 is 0 Å². The summed E-state index contributed by atoms with van der Waals surface area (Å²) in [6.07, 6.45) is -11.3. The number of hydrogen-bond donors (Lipinski definition) is 2. The van der Waals surface area contributed by atoms with Crippen molar-refractivity contribution in [1.82, 2.24) is 0 Å². The molecular formula is C21H18F6N2O. The van der Waals surface area contributed by atoms with Gasteiger partial charge in [0, 0.05) is 6.42 Å². The lowest BCUT2D eigenvalue weighted by atomic mass is 9.72. The van der Waals surface area contributed by atoms with Crippen LogP contribution in [0.2, 0.25) is 0 Å². The van der Waals surface area contributed by atoms with Crippen LogP contribution in [-0.4, -0.2) is 22.6 Å². The molecule has 0 aliphatic heterocycles. The molecular weight excluding hydrogens is 410 g/mol. The molecule has 160 valence electrons. The standard InChI is InChI=1S/C21H18F6N2O/c1-18(2,15-6-4-3-5-7-15)12-19(30,21(25,26)27)17(29)13-8-9-14(11-28)16(10-13)20(22,23)24/h3-10,29-30H,12H2,1-2H3. The zero-order valence-electron chi connectivity index (χ0n) is 16.0. The van der Waals surface area contributed by atoms with E-state index in [-0.39, 0.29) is 6.07 Å². The number of alkyl halides is 6. The highest BCUT2D eigenvalue weighted by atomic mass is 19.4. The van der Waals surface area contributed by atoms with Crippen LogP contribution in [0.4, 0.5) is 26.3 Å². The summed E-state index contributed by atoms with van der Waals surface area (Å²) in [5.41, 5.74) is -8.99. The predicted molar refractivity (Wildman–Crippen MR) is 98.1 cm³/mol. The molecule has 0 saturated carbocycles. The van der Waals surface area contributed by atoms with E-state index in [0.717, 1.165) is 6.07 Å². The number of benzene rings is 2. The van der Waals surface area contributed by atoms with Crippen molar-refractivity contribution in [3.63, 3.8) is 0 Å². The van der Waals surface area contributed by atoms with Crippen molar-refractivity contribution in [3.05, 3.63) is 70.8 Å². The lowest BCUT2D eigenvalue weighted by molar-refractivity contribution is -0.236. The Labute approximate surface area is 169 Å². The maximum absolute atomic E-state index is 13.9. The monoisotopic (exact) mass is 428 g/mol. The van der Waals surface area contributed by atoms with Crippen LogP contribution in [0.25, 0.3) is 0 Å². The normalized spacial score (nSPS) is 14.7. The number of rotatable bonds is 5. The van der Waals surface area contributed by atoms with E-state index in [9.17, 15) is 31.4 Å². The average molecular weight is 428 g/mol. The van der Waals surface area contributed by atoms with Crippen molar-refractivity contribution >= 4 is 5.71 Å². The zero-order valence-corrected chi connectivity index (χ0v) is 16.0. The van der Waals surface area contributed by atoms with Crippen molar-refractivity contribution in [2.75, 3.05) is 0 Å². The second kappa shape index (κ2) is 7.76. The Morgan fingerprint density at radius 2 is 1.57 bits per heavy atom. The molecule has 0 amide bonds. The molecule has 2 aromatic rings. The van der Waals surface area contributed by atoms with Gasteiger partial charge in [0.15, 0.2) is 0 Å². The van der Waals surface area contributed by atoms with Crippen LogP contribution in [0.15, 0.2) is 48.5 Å². The van der Waals surface area contributed by atoms with E-state index in [2.05, 4.69) is 0 Å². The molecule has 2 N–H and O–H groups in total. The van der Waals surface area contributed by atoms with Gasteiger partial charge in [0.25, 0.3) is 0 Å². The molecule has 0 aromatic heterocycles. The van der Waals surface area contributed by atoms with Gasteiger partial charge in [-0.25, -0.2) is 0 Å². The largest absolute Gasteiger partial charge is 0.423 e. The molecule has 1 atom stereocenters. The highest BCUT2D eigenvalue weighted by Crippen LogP contribution is 2.43. The van der Waals surface area contributed by atoms with Crippen LogP contribution < -0.4 is 0 Å². The third-order valence-corrected chi connectivity index (χ3v) is 4.87. The molecule has 30 heavy (non-hydrogen) atoms. The van der Waals surface area contributed by atoms with Gasteiger partial charge in [0.05, 0.1) is 22.9 Å². The predicted octanol–water partition coefficient (Wildman–Crippen LogP) is 5.61. The fourth-order valence-corrected chi connectivity index (χ4v) is 3.23. The van der Waals surface area contributed by atoms with Crippen LogP contribution in [0.5, 0.6) is 0 Å². The molecule has 0 saturated heterocycles. The van der Waals surface area contributed by atoms with Gasteiger partial charge < -0.3 is 10.5 Å². The van der Waals surface area contributed by atoms with Gasteiger partial charge in [-0.05, 0) is 28.7 Å². The molecule has 9 heteroatoms. The average Bonchev–Trinajstić information content (AvgIpc) is 2.65. The van der Waals surface area contributed by atoms with Crippen LogP contribution in [0.3, 0.4) is 0 Å². The summed E-state index contributed by atoms with van der Waals surface area (Å²) in [5, 5.41) is 27.4. The Kier molecular flexibility index (Phi) is 6.06. The molecule has 0 aliphatic carbocycles. The Bertz CT molecular complexity index is 974. The van der Waals surface area contributed by atoms with E-state index in [4.69, 9.17) is 10.7 Å². The first kappa shape index (κ1) is 23.4. The minimum absolute atomic E-state index is 0.285. The fourth-order valence-electron chi connectivity index (χ4n) is 3.23. The highest BCUT2D eigenvalue weighted by Gasteiger charge is 2.59. The quantitative estimate of drug-likeness (QED) is 0.480. The SMILES string of the molecule is CC(C)(CC(O)(C(=N)c1ccc(C#N)c(C(F)(F)F)c1)C(F)(F)F)c1ccccc1. The molecule has 0 fully saturated rings. The van der Waals surface area contributed by atoms with E-state index < -0.39 is 52.2 Å². The minimum atomic E-state index is -5.33. The second-order valence-electron chi connectivity index (χ2n) is 7.53. The third kappa shape index (κ3) is 4.49. The van der Waals surface area contributed by atoms with Gasteiger partial charge in [-0.15, -0.1) is 0 Å². The van der Waals surface area contributed by atoms with Gasteiger partial charge in [0.2, 0.25) is 5.60 Å². The lowest BCUT2D eigenvalue weighted by Gasteiger charge is -2.38. The number of halogens is 6. The molecule has 2 aromatic carbocycles. The van der Waals surface area contributed by atoms with Crippen molar-refractivity contribution in [1.29, 1.82) is 10.7 Å². The van der Waals surface area contributed by atoms with Crippen LogP contribution in [0, 0.1) is 16.7 Å². The molecule has 0 bridgehead atoms. The topological polar surface area (TPSA) is 67.9 Å². The van der Waals surface area contributed by atoms with E-state index in [1.54, 1.807) is 30.3 Å². The van der Waals surface area contributed by atoms with Crippen molar-refractivity contribution in [2.24, 2.45) is 0 Å². The number of nitrogens with zero attached hydrogens (tertiary/aromatic N) is 1. The Hall–Kier alpha value is -2.86. The molecule has 2 rings (SSSR count). The zero-order chi connectivity index (χ0) is 23.0. The fraction of sp³-hybridized carbons (Fsp3) is 0.333. The summed E-state index contributed by atoms with van der Waals surface area (Å²) >= 11 is 0. The van der Waals surface area contributed by atoms with Gasteiger partial charge >= 0.3 is 12.4 Å². The maximum Gasteiger partial charge on any atom is 0.423 e. The van der Waals surface area contributed by atoms with Crippen molar-refractivity contribution in [3.8, 4) is 6.07 Å². The first-order valence-electron chi connectivity index (χ1n) is 8.69. The van der Waals surface area contributed by atoms with Crippen LogP contribution in [0.1, 0.15) is 42.5 Å². The van der Waals surface area contributed by atoms with Crippen molar-refractivity contribution in [2.45, 2.75) is 43.6 Å². The molecule has 0 aliphatic rings. The van der Waals surface area contributed by atoms with Gasteiger partial charge in [0.1, 0.15) is 0 Å². The smallest absolute Gasteiger partial charge is 0.375 e. The summed E-state index contributed by atoms with van der Waals surface area (Å²) in [5.74, 6) is 0. The molecule has 1 unspecified atom stereocenters. The summed E-state index contributed by atoms with van der Waals surface area (Å²) < 4.78 is 81.3. The Morgan fingerprint density at radius 1 is 1.00 bits per heavy atom. The number of hydrogen-bond acceptors (Lipinski definition) is 3. The first-order chi connectivity index (χ1) is 13.6. The maximum atomic E-state index is 13.9. The molecule has 0 heterocycles. The van der Waals surface area contributed by atoms with Gasteiger partial charge in [-0.3, -0.25) is 0 Å². The van der Waals surface area contributed by atoms with Gasteiger partial charge in [-0.2, -0.15) is 31.6 Å². The first-order valence-corrected chi connectivity index (χ1v) is 8.69. The summed E-state index contributed by atoms with van der Waals surface area (Å²) in [6.45, 7) is 2.87. The van der Waals surface area contributed by atoms with E-state index in [1.807, 2.05) is 0 Å². The third-order valence-electron chi connectivity index (χ3n) is 4.87. The summed E-state index contributed by atoms with van der Waals surface area (Å²) in [4.78, 5) is 0. The van der Waals surface area contributed by atoms with E-state index in [1.165, 1.54) is 19.9 Å². The Morgan fingerprint density at radius 3 is 2.03 bits per heavy atom. The van der Waals surface area contributed by atoms with Crippen molar-refractivity contribution < 1.29 is 31.4 Å². The number of aliphatic hydroxyl groups is 1. The lowest BCUT2D eigenvalue weighted by Crippen LogP contribution is -2.55. The second-order valence-corrected chi connectivity index (χ2v) is 7.53. The van der Waals surface area contributed by atoms with E-state index >= 15 is 0 Å². The molecule has 0 radical (unpaired) electrons. The Balaban J connectivity index is 2.58. The molecule has 0 spiro atoms.